The lowest BCUT2D eigenvalue weighted by Crippen LogP contribution is -1.89. The molecule has 42 valence electrons. The second-order valence-electron chi connectivity index (χ2n) is 1.44. The van der Waals surface area contributed by atoms with Crippen LogP contribution in [-0.2, 0) is 0 Å². The molecule has 0 atom stereocenters. The normalized spacial score (nSPS) is 10.4. The molecule has 0 fully saturated rings. The minimum atomic E-state index is 0.329. The van der Waals surface area contributed by atoms with Crippen LogP contribution in [0.4, 0.5) is 0 Å². The molecule has 0 saturated carbocycles. The Morgan fingerprint density at radius 2 is 2.25 bits per heavy atom. The molecule has 0 aromatic carbocycles. The topological polar surface area (TPSA) is 47.6 Å². The predicted molar refractivity (Wildman–Crippen MR) is 32.8 cm³/mol. The lowest BCUT2D eigenvalue weighted by Gasteiger charge is -1.86. The maximum Gasteiger partial charge on any atom is 0.101 e. The summed E-state index contributed by atoms with van der Waals surface area (Å²) in [5.74, 6) is 0. The van der Waals surface area contributed by atoms with E-state index in [1.165, 1.54) is 0 Å². The summed E-state index contributed by atoms with van der Waals surface area (Å²) in [4.78, 5) is 0. The van der Waals surface area contributed by atoms with Crippen molar-refractivity contribution in [3.8, 4) is 6.07 Å². The third kappa shape index (κ3) is 1.57. The molecular weight excluding hydrogens is 100 g/mol. The fourth-order valence-electron chi connectivity index (χ4n) is 0.365. The fourth-order valence-corrected chi connectivity index (χ4v) is 0.365. The molecule has 0 heterocycles. The average molecular weight is 108 g/mol. The van der Waals surface area contributed by atoms with Gasteiger partial charge in [0.2, 0.25) is 0 Å². The number of hydrogen-bond donors (Lipinski definition) is 1. The van der Waals surface area contributed by atoms with Gasteiger partial charge in [0.1, 0.15) is 6.07 Å². The Kier molecular flexibility index (Phi) is 2.57. The molecule has 0 rings (SSSR count). The van der Waals surface area contributed by atoms with Gasteiger partial charge in [0, 0.05) is 5.71 Å². The molecule has 0 aromatic rings. The SMILES string of the molecule is C/C=C(/C#N)C(C)=N. The maximum atomic E-state index is 8.24. The molecule has 0 saturated heterocycles. The smallest absolute Gasteiger partial charge is 0.101 e. The quantitative estimate of drug-likeness (QED) is 0.401. The number of nitriles is 1. The van der Waals surface area contributed by atoms with Gasteiger partial charge in [-0.05, 0) is 13.8 Å². The van der Waals surface area contributed by atoms with Crippen LogP contribution in [0.1, 0.15) is 13.8 Å². The number of nitrogens with zero attached hydrogens (tertiary/aromatic N) is 1. The third-order valence-electron chi connectivity index (χ3n) is 0.813. The molecule has 1 N–H and O–H groups in total. The zero-order chi connectivity index (χ0) is 6.57. The minimum absolute atomic E-state index is 0.329. The summed E-state index contributed by atoms with van der Waals surface area (Å²) in [5, 5.41) is 15.2. The van der Waals surface area contributed by atoms with Crippen molar-refractivity contribution < 1.29 is 0 Å². The molecule has 0 aliphatic rings. The molecule has 0 aliphatic heterocycles. The second kappa shape index (κ2) is 2.98. The van der Waals surface area contributed by atoms with E-state index in [1.54, 1.807) is 19.9 Å². The van der Waals surface area contributed by atoms with Crippen molar-refractivity contribution in [3.05, 3.63) is 11.6 Å². The van der Waals surface area contributed by atoms with Crippen molar-refractivity contribution in [3.63, 3.8) is 0 Å². The number of allylic oxidation sites excluding steroid dienone is 2. The van der Waals surface area contributed by atoms with Gasteiger partial charge in [0.15, 0.2) is 0 Å². The van der Waals surface area contributed by atoms with Crippen molar-refractivity contribution in [2.45, 2.75) is 13.8 Å². The highest BCUT2D eigenvalue weighted by Crippen LogP contribution is 1.91. The van der Waals surface area contributed by atoms with E-state index in [0.29, 0.717) is 11.3 Å². The Balaban J connectivity index is 4.20. The molecule has 8 heavy (non-hydrogen) atoms. The first kappa shape index (κ1) is 6.90. The maximum absolute atomic E-state index is 8.24. The van der Waals surface area contributed by atoms with Crippen LogP contribution in [0.2, 0.25) is 0 Å². The van der Waals surface area contributed by atoms with Crippen molar-refractivity contribution in [2.75, 3.05) is 0 Å². The van der Waals surface area contributed by atoms with Gasteiger partial charge in [-0.25, -0.2) is 0 Å². The van der Waals surface area contributed by atoms with Crippen molar-refractivity contribution in [1.29, 1.82) is 10.7 Å². The van der Waals surface area contributed by atoms with E-state index < -0.39 is 0 Å². The molecule has 2 heteroatoms. The van der Waals surface area contributed by atoms with E-state index in [9.17, 15) is 0 Å². The highest BCUT2D eigenvalue weighted by Gasteiger charge is 1.91. The number of rotatable bonds is 1. The Morgan fingerprint density at radius 1 is 1.75 bits per heavy atom. The van der Waals surface area contributed by atoms with Crippen LogP contribution >= 0.6 is 0 Å². The Bertz CT molecular complexity index is 160. The second-order valence-corrected chi connectivity index (χ2v) is 1.44. The lowest BCUT2D eigenvalue weighted by molar-refractivity contribution is 1.43. The van der Waals surface area contributed by atoms with Gasteiger partial charge in [-0.1, -0.05) is 6.08 Å². The summed E-state index contributed by atoms with van der Waals surface area (Å²) in [6.07, 6.45) is 1.63. The van der Waals surface area contributed by atoms with Crippen LogP contribution in [0.5, 0.6) is 0 Å². The van der Waals surface area contributed by atoms with E-state index >= 15 is 0 Å². The van der Waals surface area contributed by atoms with Crippen LogP contribution in [0, 0.1) is 16.7 Å². The highest BCUT2D eigenvalue weighted by molar-refractivity contribution is 5.99. The molecule has 0 bridgehead atoms. The van der Waals surface area contributed by atoms with Gasteiger partial charge in [0.05, 0.1) is 5.57 Å². The third-order valence-corrected chi connectivity index (χ3v) is 0.813. The summed E-state index contributed by atoms with van der Waals surface area (Å²) in [6, 6.07) is 1.89. The van der Waals surface area contributed by atoms with E-state index in [2.05, 4.69) is 0 Å². The largest absolute Gasteiger partial charge is 0.304 e. The van der Waals surface area contributed by atoms with Gasteiger partial charge < -0.3 is 5.41 Å². The highest BCUT2D eigenvalue weighted by atomic mass is 14.4. The van der Waals surface area contributed by atoms with Crippen molar-refractivity contribution in [2.24, 2.45) is 0 Å². The molecule has 0 radical (unpaired) electrons. The van der Waals surface area contributed by atoms with Gasteiger partial charge in [-0.3, -0.25) is 0 Å². The van der Waals surface area contributed by atoms with Crippen LogP contribution in [-0.4, -0.2) is 5.71 Å². The van der Waals surface area contributed by atoms with Gasteiger partial charge in [0.25, 0.3) is 0 Å². The molecular formula is C6H8N2. The Morgan fingerprint density at radius 3 is 2.25 bits per heavy atom. The van der Waals surface area contributed by atoms with Gasteiger partial charge >= 0.3 is 0 Å². The van der Waals surface area contributed by atoms with E-state index in [0.717, 1.165) is 0 Å². The zero-order valence-corrected chi connectivity index (χ0v) is 5.02. The summed E-state index contributed by atoms with van der Waals surface area (Å²) in [6.45, 7) is 3.34. The zero-order valence-electron chi connectivity index (χ0n) is 5.02. The standard InChI is InChI=1S/C6H8N2/c1-3-6(4-7)5(2)8/h3,8H,1-2H3/b6-3-,8-5?. The van der Waals surface area contributed by atoms with Crippen molar-refractivity contribution >= 4 is 5.71 Å². The first-order valence-corrected chi connectivity index (χ1v) is 2.34. The molecule has 0 amide bonds. The van der Waals surface area contributed by atoms with E-state index in [4.69, 9.17) is 10.7 Å². The van der Waals surface area contributed by atoms with Gasteiger partial charge in [-0.15, -0.1) is 0 Å². The Labute approximate surface area is 49.0 Å². The van der Waals surface area contributed by atoms with Gasteiger partial charge in [-0.2, -0.15) is 5.26 Å². The fraction of sp³-hybridized carbons (Fsp3) is 0.333. The van der Waals surface area contributed by atoms with Crippen LogP contribution < -0.4 is 0 Å². The van der Waals surface area contributed by atoms with Crippen LogP contribution in [0.25, 0.3) is 0 Å². The van der Waals surface area contributed by atoms with E-state index in [1.807, 2.05) is 6.07 Å². The predicted octanol–water partition coefficient (Wildman–Crippen LogP) is 1.50. The summed E-state index contributed by atoms with van der Waals surface area (Å²) < 4.78 is 0. The van der Waals surface area contributed by atoms with E-state index in [-0.39, 0.29) is 0 Å². The molecule has 0 aliphatic carbocycles. The van der Waals surface area contributed by atoms with Crippen LogP contribution in [0.3, 0.4) is 0 Å². The number of nitrogens with one attached hydrogen (secondary N) is 1. The lowest BCUT2D eigenvalue weighted by atomic mass is 10.2. The summed E-state index contributed by atoms with van der Waals surface area (Å²) in [7, 11) is 0. The van der Waals surface area contributed by atoms with Crippen molar-refractivity contribution in [1.82, 2.24) is 0 Å². The summed E-state index contributed by atoms with van der Waals surface area (Å²) >= 11 is 0. The number of hydrogen-bond acceptors (Lipinski definition) is 2. The molecule has 0 aromatic heterocycles. The Hall–Kier alpha value is -1.10. The molecule has 0 unspecified atom stereocenters. The first-order valence-electron chi connectivity index (χ1n) is 2.34. The summed E-state index contributed by atoms with van der Waals surface area (Å²) in [5.41, 5.74) is 0.778. The first-order chi connectivity index (χ1) is 3.72. The monoisotopic (exact) mass is 108 g/mol. The average Bonchev–Trinajstić information content (AvgIpc) is 1.69. The molecule has 2 nitrogen and oxygen atoms in total. The molecule has 0 spiro atoms. The minimum Gasteiger partial charge on any atom is -0.304 e. The van der Waals surface area contributed by atoms with Crippen LogP contribution in [0.15, 0.2) is 11.6 Å².